The van der Waals surface area contributed by atoms with Gasteiger partial charge in [0.1, 0.15) is 17.2 Å². The second-order valence-electron chi connectivity index (χ2n) is 5.50. The number of aromatic nitrogens is 2. The van der Waals surface area contributed by atoms with Gasteiger partial charge in [-0.25, -0.2) is 8.78 Å². The summed E-state index contributed by atoms with van der Waals surface area (Å²) in [5, 5.41) is 6.71. The van der Waals surface area contributed by atoms with Gasteiger partial charge in [0, 0.05) is 13.0 Å². The standard InChI is InChI=1S/C15H15F2N3O2/c1-9-18-14(20-22-9)15(6-2-3-7-15)19-13(21)11-5-4-10(16)8-12(11)17/h4-5,8H,2-3,6-7H2,1H3,(H,19,21). The number of nitrogens with zero attached hydrogens (tertiary/aromatic N) is 2. The van der Waals surface area contributed by atoms with Gasteiger partial charge in [0.05, 0.1) is 5.56 Å². The van der Waals surface area contributed by atoms with E-state index in [1.165, 1.54) is 0 Å². The molecule has 0 unspecified atom stereocenters. The molecule has 0 atom stereocenters. The monoisotopic (exact) mass is 307 g/mol. The van der Waals surface area contributed by atoms with Gasteiger partial charge in [-0.3, -0.25) is 4.79 Å². The number of aryl methyl sites for hydroxylation is 1. The zero-order chi connectivity index (χ0) is 15.7. The molecule has 1 saturated carbocycles. The van der Waals surface area contributed by atoms with Crippen molar-refractivity contribution in [2.24, 2.45) is 0 Å². The molecule has 2 aromatic rings. The molecular formula is C15H15F2N3O2. The van der Waals surface area contributed by atoms with Gasteiger partial charge in [0.2, 0.25) is 5.89 Å². The molecule has 3 rings (SSSR count). The minimum Gasteiger partial charge on any atom is -0.340 e. The van der Waals surface area contributed by atoms with Crippen molar-refractivity contribution in [3.8, 4) is 0 Å². The van der Waals surface area contributed by atoms with E-state index in [0.29, 0.717) is 30.6 Å². The van der Waals surface area contributed by atoms with Crippen molar-refractivity contribution >= 4 is 5.91 Å². The first-order valence-corrected chi connectivity index (χ1v) is 7.08. The summed E-state index contributed by atoms with van der Waals surface area (Å²) >= 11 is 0. The molecule has 116 valence electrons. The van der Waals surface area contributed by atoms with E-state index in [4.69, 9.17) is 4.52 Å². The maximum Gasteiger partial charge on any atom is 0.255 e. The van der Waals surface area contributed by atoms with Crippen molar-refractivity contribution in [3.63, 3.8) is 0 Å². The average Bonchev–Trinajstić information content (AvgIpc) is 3.08. The molecule has 0 saturated heterocycles. The predicted molar refractivity (Wildman–Crippen MR) is 73.0 cm³/mol. The first-order chi connectivity index (χ1) is 10.5. The van der Waals surface area contributed by atoms with Crippen LogP contribution in [0.3, 0.4) is 0 Å². The molecule has 1 aromatic carbocycles. The van der Waals surface area contributed by atoms with E-state index in [-0.39, 0.29) is 5.56 Å². The summed E-state index contributed by atoms with van der Waals surface area (Å²) < 4.78 is 31.7. The topological polar surface area (TPSA) is 68.0 Å². The summed E-state index contributed by atoms with van der Waals surface area (Å²) in [5.41, 5.74) is -0.955. The first-order valence-electron chi connectivity index (χ1n) is 7.08. The Kier molecular flexibility index (Phi) is 3.64. The summed E-state index contributed by atoms with van der Waals surface area (Å²) in [5.74, 6) is -1.42. The van der Waals surface area contributed by atoms with E-state index >= 15 is 0 Å². The summed E-state index contributed by atoms with van der Waals surface area (Å²) in [6.45, 7) is 1.67. The van der Waals surface area contributed by atoms with Crippen LogP contribution in [0.25, 0.3) is 0 Å². The van der Waals surface area contributed by atoms with Crippen LogP contribution in [0, 0.1) is 18.6 Å². The van der Waals surface area contributed by atoms with Crippen LogP contribution in [-0.4, -0.2) is 16.0 Å². The molecule has 1 fully saturated rings. The highest BCUT2D eigenvalue weighted by Crippen LogP contribution is 2.37. The quantitative estimate of drug-likeness (QED) is 0.946. The van der Waals surface area contributed by atoms with Gasteiger partial charge >= 0.3 is 0 Å². The van der Waals surface area contributed by atoms with Gasteiger partial charge in [-0.15, -0.1) is 0 Å². The predicted octanol–water partition coefficient (Wildman–Crippen LogP) is 2.86. The van der Waals surface area contributed by atoms with E-state index < -0.39 is 23.1 Å². The Labute approximate surface area is 125 Å². The lowest BCUT2D eigenvalue weighted by atomic mass is 9.95. The number of halogens is 2. The van der Waals surface area contributed by atoms with Crippen LogP contribution >= 0.6 is 0 Å². The zero-order valence-electron chi connectivity index (χ0n) is 12.0. The van der Waals surface area contributed by atoms with Crippen LogP contribution in [0.2, 0.25) is 0 Å². The number of rotatable bonds is 3. The van der Waals surface area contributed by atoms with Crippen molar-refractivity contribution in [2.45, 2.75) is 38.1 Å². The van der Waals surface area contributed by atoms with E-state index in [1.807, 2.05) is 0 Å². The molecule has 5 nitrogen and oxygen atoms in total. The molecule has 1 aliphatic rings. The van der Waals surface area contributed by atoms with Crippen molar-refractivity contribution in [1.29, 1.82) is 0 Å². The highest BCUT2D eigenvalue weighted by atomic mass is 19.1. The molecule has 0 spiro atoms. The third-order valence-electron chi connectivity index (χ3n) is 3.94. The van der Waals surface area contributed by atoms with E-state index in [2.05, 4.69) is 15.5 Å². The Morgan fingerprint density at radius 3 is 2.64 bits per heavy atom. The van der Waals surface area contributed by atoms with Gasteiger partial charge in [-0.05, 0) is 25.0 Å². The van der Waals surface area contributed by atoms with Crippen LogP contribution in [0.15, 0.2) is 22.7 Å². The Balaban J connectivity index is 1.89. The largest absolute Gasteiger partial charge is 0.340 e. The Bertz CT molecular complexity index is 709. The molecular weight excluding hydrogens is 292 g/mol. The second kappa shape index (κ2) is 5.47. The molecule has 1 N–H and O–H groups in total. The smallest absolute Gasteiger partial charge is 0.255 e. The van der Waals surface area contributed by atoms with Gasteiger partial charge in [-0.2, -0.15) is 4.98 Å². The summed E-state index contributed by atoms with van der Waals surface area (Å²) in [4.78, 5) is 16.6. The van der Waals surface area contributed by atoms with E-state index in [0.717, 1.165) is 25.0 Å². The molecule has 1 amide bonds. The molecule has 0 aliphatic heterocycles. The maximum atomic E-state index is 13.8. The number of carbonyl (C=O) groups is 1. The van der Waals surface area contributed by atoms with E-state index in [9.17, 15) is 13.6 Å². The Morgan fingerprint density at radius 2 is 2.05 bits per heavy atom. The molecule has 0 radical (unpaired) electrons. The minimum atomic E-state index is -0.894. The molecule has 1 aliphatic carbocycles. The highest BCUT2D eigenvalue weighted by Gasteiger charge is 2.41. The third-order valence-corrected chi connectivity index (χ3v) is 3.94. The Hall–Kier alpha value is -2.31. The lowest BCUT2D eigenvalue weighted by molar-refractivity contribution is 0.0887. The number of nitrogens with one attached hydrogen (secondary N) is 1. The first kappa shape index (κ1) is 14.6. The van der Waals surface area contributed by atoms with E-state index in [1.54, 1.807) is 6.92 Å². The minimum absolute atomic E-state index is 0.201. The maximum absolute atomic E-state index is 13.8. The summed E-state index contributed by atoms with van der Waals surface area (Å²) in [7, 11) is 0. The lowest BCUT2D eigenvalue weighted by Gasteiger charge is -2.26. The third kappa shape index (κ3) is 2.58. The van der Waals surface area contributed by atoms with Crippen molar-refractivity contribution in [2.75, 3.05) is 0 Å². The molecule has 1 aromatic heterocycles. The normalized spacial score (nSPS) is 16.7. The second-order valence-corrected chi connectivity index (χ2v) is 5.50. The van der Waals surface area contributed by atoms with Crippen LogP contribution in [0.4, 0.5) is 8.78 Å². The van der Waals surface area contributed by atoms with Gasteiger partial charge in [-0.1, -0.05) is 18.0 Å². The number of carbonyl (C=O) groups excluding carboxylic acids is 1. The number of benzene rings is 1. The molecule has 1 heterocycles. The fourth-order valence-electron chi connectivity index (χ4n) is 2.83. The average molecular weight is 307 g/mol. The number of hydrogen-bond acceptors (Lipinski definition) is 4. The van der Waals surface area contributed by atoms with Gasteiger partial charge in [0.25, 0.3) is 5.91 Å². The fourth-order valence-corrected chi connectivity index (χ4v) is 2.83. The highest BCUT2D eigenvalue weighted by molar-refractivity contribution is 5.95. The number of hydrogen-bond donors (Lipinski definition) is 1. The molecule has 22 heavy (non-hydrogen) atoms. The van der Waals surface area contributed by atoms with Crippen molar-refractivity contribution in [1.82, 2.24) is 15.5 Å². The van der Waals surface area contributed by atoms with Crippen LogP contribution in [0.1, 0.15) is 47.8 Å². The molecule has 7 heteroatoms. The summed E-state index contributed by atoms with van der Waals surface area (Å²) in [6, 6.07) is 2.87. The SMILES string of the molecule is Cc1nc(C2(NC(=O)c3ccc(F)cc3F)CCCC2)no1. The van der Waals surface area contributed by atoms with Crippen molar-refractivity contribution < 1.29 is 18.1 Å². The number of amides is 1. The van der Waals surface area contributed by atoms with Gasteiger partial charge < -0.3 is 9.84 Å². The summed E-state index contributed by atoms with van der Waals surface area (Å²) in [6.07, 6.45) is 3.11. The Morgan fingerprint density at radius 1 is 1.32 bits per heavy atom. The van der Waals surface area contributed by atoms with Crippen LogP contribution < -0.4 is 5.32 Å². The van der Waals surface area contributed by atoms with Crippen molar-refractivity contribution in [3.05, 3.63) is 47.1 Å². The molecule has 0 bridgehead atoms. The van der Waals surface area contributed by atoms with Crippen LogP contribution in [0.5, 0.6) is 0 Å². The zero-order valence-corrected chi connectivity index (χ0v) is 12.0. The van der Waals surface area contributed by atoms with Gasteiger partial charge in [0.15, 0.2) is 5.82 Å². The lowest BCUT2D eigenvalue weighted by Crippen LogP contribution is -2.45. The van der Waals surface area contributed by atoms with Crippen LogP contribution in [-0.2, 0) is 5.54 Å². The fraction of sp³-hybridized carbons (Fsp3) is 0.400.